The molecular formula is C32H26F4N2O3. The normalized spacial score (nSPS) is 14.8. The predicted molar refractivity (Wildman–Crippen MR) is 149 cm³/mol. The maximum atomic E-state index is 15.2. The number of rotatable bonds is 6. The molecule has 0 saturated carbocycles. The number of hydrogen-bond acceptors (Lipinski definition) is 5. The van der Waals surface area contributed by atoms with Crippen molar-refractivity contribution in [2.24, 2.45) is 4.99 Å². The SMILES string of the molecule is COC(=O)CC1c2cccc(F)c2N=C(c2ccc(-c3cccc(C)c3)cc2)N1c1cc(C(F)(F)F)ccc1OC. The summed E-state index contributed by atoms with van der Waals surface area (Å²) in [6.45, 7) is 1.99. The zero-order valence-corrected chi connectivity index (χ0v) is 22.5. The van der Waals surface area contributed by atoms with E-state index >= 15 is 4.39 Å². The van der Waals surface area contributed by atoms with Crippen LogP contribution >= 0.6 is 0 Å². The van der Waals surface area contributed by atoms with Gasteiger partial charge in [0.1, 0.15) is 23.1 Å². The van der Waals surface area contributed by atoms with Crippen molar-refractivity contribution in [2.45, 2.75) is 25.6 Å². The molecule has 0 amide bonds. The van der Waals surface area contributed by atoms with Gasteiger partial charge in [-0.15, -0.1) is 0 Å². The summed E-state index contributed by atoms with van der Waals surface area (Å²) in [6.07, 6.45) is -4.93. The fourth-order valence-corrected chi connectivity index (χ4v) is 4.98. The topological polar surface area (TPSA) is 51.1 Å². The number of aryl methyl sites for hydroxylation is 1. The number of benzene rings is 4. The zero-order valence-electron chi connectivity index (χ0n) is 22.5. The Labute approximate surface area is 234 Å². The molecule has 0 saturated heterocycles. The first-order chi connectivity index (χ1) is 19.6. The summed E-state index contributed by atoms with van der Waals surface area (Å²) >= 11 is 0. The molecule has 0 aliphatic carbocycles. The van der Waals surface area contributed by atoms with E-state index in [0.717, 1.165) is 28.8 Å². The lowest BCUT2D eigenvalue weighted by atomic mass is 9.94. The minimum atomic E-state index is -4.65. The number of para-hydroxylation sites is 1. The summed E-state index contributed by atoms with van der Waals surface area (Å²) in [4.78, 5) is 18.7. The Bertz CT molecular complexity index is 1630. The lowest BCUT2D eigenvalue weighted by Crippen LogP contribution is -2.39. The molecule has 41 heavy (non-hydrogen) atoms. The third kappa shape index (κ3) is 5.52. The van der Waals surface area contributed by atoms with Crippen LogP contribution in [0.25, 0.3) is 11.1 Å². The van der Waals surface area contributed by atoms with Crippen LogP contribution in [-0.2, 0) is 15.7 Å². The van der Waals surface area contributed by atoms with Gasteiger partial charge in [0.15, 0.2) is 0 Å². The van der Waals surface area contributed by atoms with Crippen LogP contribution < -0.4 is 9.64 Å². The van der Waals surface area contributed by atoms with Gasteiger partial charge in [-0.05, 0) is 42.3 Å². The summed E-state index contributed by atoms with van der Waals surface area (Å²) in [5.41, 5.74) is 2.93. The molecule has 5 rings (SSSR count). The fourth-order valence-electron chi connectivity index (χ4n) is 4.98. The minimum absolute atomic E-state index is 0.00126. The maximum Gasteiger partial charge on any atom is 0.416 e. The number of alkyl halides is 3. The number of aliphatic imine (C=N–C) groups is 1. The molecule has 0 fully saturated rings. The van der Waals surface area contributed by atoms with Crippen LogP contribution in [-0.4, -0.2) is 26.0 Å². The lowest BCUT2D eigenvalue weighted by Gasteiger charge is -2.39. The Morgan fingerprint density at radius 2 is 1.61 bits per heavy atom. The molecule has 9 heteroatoms. The number of fused-ring (bicyclic) bond motifs is 1. The molecular weight excluding hydrogens is 536 g/mol. The largest absolute Gasteiger partial charge is 0.495 e. The number of halogens is 4. The van der Waals surface area contributed by atoms with Crippen LogP contribution in [0.15, 0.2) is 89.9 Å². The fraction of sp³-hybridized carbons (Fsp3) is 0.188. The summed E-state index contributed by atoms with van der Waals surface area (Å²) in [5, 5.41) is 0. The highest BCUT2D eigenvalue weighted by molar-refractivity contribution is 6.14. The first-order valence-electron chi connectivity index (χ1n) is 12.8. The van der Waals surface area contributed by atoms with Gasteiger partial charge in [0.2, 0.25) is 0 Å². The first kappa shape index (κ1) is 27.9. The maximum absolute atomic E-state index is 15.2. The number of ether oxygens (including phenoxy) is 2. The van der Waals surface area contributed by atoms with E-state index in [1.165, 1.54) is 37.3 Å². The van der Waals surface area contributed by atoms with Crippen LogP contribution in [0.4, 0.5) is 28.9 Å². The summed E-state index contributed by atoms with van der Waals surface area (Å²) in [5.74, 6) is -0.971. The van der Waals surface area contributed by atoms with Crippen molar-refractivity contribution in [3.05, 3.63) is 113 Å². The van der Waals surface area contributed by atoms with Crippen molar-refractivity contribution in [3.63, 3.8) is 0 Å². The Kier molecular flexibility index (Phi) is 7.53. The minimum Gasteiger partial charge on any atom is -0.495 e. The number of hydrogen-bond donors (Lipinski definition) is 0. The highest BCUT2D eigenvalue weighted by Crippen LogP contribution is 2.46. The van der Waals surface area contributed by atoms with E-state index in [9.17, 15) is 18.0 Å². The molecule has 1 atom stereocenters. The Morgan fingerprint density at radius 1 is 0.902 bits per heavy atom. The standard InChI is InChI=1S/C32H26F4N2O3/c1-19-6-4-7-22(16-19)20-10-12-21(13-11-20)31-37-30-24(8-5-9-25(30)33)26(18-29(39)41-3)38(31)27-17-23(32(34,35)36)14-15-28(27)40-2/h4-17,26H,18H2,1-3H3. The molecule has 1 unspecified atom stereocenters. The van der Waals surface area contributed by atoms with E-state index in [4.69, 9.17) is 9.47 Å². The number of amidine groups is 1. The second-order valence-electron chi connectivity index (χ2n) is 9.61. The van der Waals surface area contributed by atoms with Crippen LogP contribution in [0.1, 0.15) is 34.7 Å². The van der Waals surface area contributed by atoms with Gasteiger partial charge < -0.3 is 14.4 Å². The highest BCUT2D eigenvalue weighted by atomic mass is 19.4. The van der Waals surface area contributed by atoms with Crippen LogP contribution in [0.3, 0.4) is 0 Å². The Hall–Kier alpha value is -4.66. The summed E-state index contributed by atoms with van der Waals surface area (Å²) in [7, 11) is 2.55. The van der Waals surface area contributed by atoms with E-state index in [0.29, 0.717) is 11.1 Å². The number of carbonyl (C=O) groups is 1. The van der Waals surface area contributed by atoms with Crippen molar-refractivity contribution < 1.29 is 31.8 Å². The third-order valence-corrected chi connectivity index (χ3v) is 6.98. The molecule has 0 radical (unpaired) electrons. The molecule has 4 aromatic carbocycles. The molecule has 0 bridgehead atoms. The Balaban J connectivity index is 1.74. The summed E-state index contributed by atoms with van der Waals surface area (Å²) < 4.78 is 67.1. The third-order valence-electron chi connectivity index (χ3n) is 6.98. The van der Waals surface area contributed by atoms with Crippen molar-refractivity contribution in [1.29, 1.82) is 0 Å². The van der Waals surface area contributed by atoms with Gasteiger partial charge in [-0.25, -0.2) is 9.38 Å². The van der Waals surface area contributed by atoms with Crippen molar-refractivity contribution in [3.8, 4) is 16.9 Å². The quantitative estimate of drug-likeness (QED) is 0.176. The number of methoxy groups -OCH3 is 2. The summed E-state index contributed by atoms with van der Waals surface area (Å²) in [6, 6.07) is 21.6. The van der Waals surface area contributed by atoms with Crippen LogP contribution in [0.5, 0.6) is 5.75 Å². The molecule has 210 valence electrons. The van der Waals surface area contributed by atoms with Gasteiger partial charge in [-0.2, -0.15) is 13.2 Å². The number of nitrogens with zero attached hydrogens (tertiary/aromatic N) is 2. The molecule has 1 aliphatic rings. The van der Waals surface area contributed by atoms with E-state index in [1.54, 1.807) is 18.2 Å². The van der Waals surface area contributed by atoms with E-state index < -0.39 is 29.6 Å². The van der Waals surface area contributed by atoms with Crippen molar-refractivity contribution >= 4 is 23.2 Å². The van der Waals surface area contributed by atoms with Crippen molar-refractivity contribution in [1.82, 2.24) is 0 Å². The van der Waals surface area contributed by atoms with Gasteiger partial charge in [-0.3, -0.25) is 4.79 Å². The second kappa shape index (κ2) is 11.1. The second-order valence-corrected chi connectivity index (χ2v) is 9.61. The number of carbonyl (C=O) groups excluding carboxylic acids is 1. The van der Waals surface area contributed by atoms with Crippen LogP contribution in [0.2, 0.25) is 0 Å². The molecule has 1 aliphatic heterocycles. The van der Waals surface area contributed by atoms with E-state index in [-0.39, 0.29) is 29.4 Å². The predicted octanol–water partition coefficient (Wildman–Crippen LogP) is 8.03. The van der Waals surface area contributed by atoms with Crippen molar-refractivity contribution in [2.75, 3.05) is 19.1 Å². The van der Waals surface area contributed by atoms with Crippen LogP contribution in [0, 0.1) is 12.7 Å². The molecule has 0 aromatic heterocycles. The van der Waals surface area contributed by atoms with Gasteiger partial charge in [0, 0.05) is 11.1 Å². The van der Waals surface area contributed by atoms with Gasteiger partial charge in [-0.1, -0.05) is 66.2 Å². The molecule has 1 heterocycles. The Morgan fingerprint density at radius 3 is 2.27 bits per heavy atom. The number of esters is 1. The van der Waals surface area contributed by atoms with Gasteiger partial charge >= 0.3 is 12.1 Å². The number of anilines is 1. The molecule has 0 N–H and O–H groups in total. The van der Waals surface area contributed by atoms with E-state index in [1.807, 2.05) is 43.3 Å². The smallest absolute Gasteiger partial charge is 0.416 e. The molecule has 4 aromatic rings. The highest BCUT2D eigenvalue weighted by Gasteiger charge is 2.38. The first-order valence-corrected chi connectivity index (χ1v) is 12.8. The van der Waals surface area contributed by atoms with E-state index in [2.05, 4.69) is 4.99 Å². The average molecular weight is 563 g/mol. The zero-order chi connectivity index (χ0) is 29.3. The molecule has 0 spiro atoms. The molecule has 5 nitrogen and oxygen atoms in total. The van der Waals surface area contributed by atoms with Gasteiger partial charge in [0.05, 0.1) is 37.9 Å². The van der Waals surface area contributed by atoms with Gasteiger partial charge in [0.25, 0.3) is 0 Å². The lowest BCUT2D eigenvalue weighted by molar-refractivity contribution is -0.141. The average Bonchev–Trinajstić information content (AvgIpc) is 2.96. The monoisotopic (exact) mass is 562 g/mol.